The standard InChI is InChI=1S/C21H15ClF3N5O2/c1-30-19-5-3-14(32-15-6-7-26-13(9-15)11-27-31)10-18(19)29-20(30)28-17-4-2-12(8-16(17)22)21(23,24)25/h2-11,31H,1H3,(H,28,29)/b27-11-. The predicted octanol–water partition coefficient (Wildman–Crippen LogP) is 5.98. The third kappa shape index (κ3) is 4.45. The van der Waals surface area contributed by atoms with Gasteiger partial charge in [0.1, 0.15) is 11.5 Å². The van der Waals surface area contributed by atoms with Gasteiger partial charge >= 0.3 is 6.18 Å². The highest BCUT2D eigenvalue weighted by Crippen LogP contribution is 2.35. The van der Waals surface area contributed by atoms with Gasteiger partial charge in [0.25, 0.3) is 0 Å². The Labute approximate surface area is 184 Å². The van der Waals surface area contributed by atoms with E-state index >= 15 is 0 Å². The number of benzene rings is 2. The Hall–Kier alpha value is -3.79. The van der Waals surface area contributed by atoms with E-state index < -0.39 is 11.7 Å². The maximum atomic E-state index is 12.9. The predicted molar refractivity (Wildman–Crippen MR) is 114 cm³/mol. The molecule has 4 aromatic rings. The van der Waals surface area contributed by atoms with Gasteiger partial charge in [0.05, 0.1) is 39.2 Å². The van der Waals surface area contributed by atoms with Crippen LogP contribution in [0.4, 0.5) is 24.8 Å². The van der Waals surface area contributed by atoms with E-state index in [1.54, 1.807) is 41.9 Å². The molecule has 4 rings (SSSR count). The zero-order valence-electron chi connectivity index (χ0n) is 16.4. The molecule has 2 aromatic carbocycles. The van der Waals surface area contributed by atoms with E-state index in [1.807, 2.05) is 0 Å². The number of alkyl halides is 3. The summed E-state index contributed by atoms with van der Waals surface area (Å²) in [6.45, 7) is 0. The molecule has 0 unspecified atom stereocenters. The number of rotatable bonds is 5. The second-order valence-corrected chi connectivity index (χ2v) is 7.13. The zero-order valence-corrected chi connectivity index (χ0v) is 17.2. The number of hydrogen-bond acceptors (Lipinski definition) is 6. The van der Waals surface area contributed by atoms with Crippen molar-refractivity contribution in [1.29, 1.82) is 0 Å². The molecule has 2 heterocycles. The number of halogens is 4. The van der Waals surface area contributed by atoms with Gasteiger partial charge in [-0.3, -0.25) is 4.98 Å². The lowest BCUT2D eigenvalue weighted by Gasteiger charge is -2.11. The van der Waals surface area contributed by atoms with Crippen molar-refractivity contribution in [2.75, 3.05) is 5.32 Å². The summed E-state index contributed by atoms with van der Waals surface area (Å²) < 4.78 is 46.1. The molecule has 0 fully saturated rings. The molecular formula is C21H15ClF3N5O2. The van der Waals surface area contributed by atoms with Gasteiger partial charge in [-0.05, 0) is 36.4 Å². The number of pyridine rings is 1. The van der Waals surface area contributed by atoms with Crippen LogP contribution < -0.4 is 10.1 Å². The van der Waals surface area contributed by atoms with E-state index in [9.17, 15) is 13.2 Å². The van der Waals surface area contributed by atoms with E-state index in [1.165, 1.54) is 18.5 Å². The molecule has 0 atom stereocenters. The van der Waals surface area contributed by atoms with Crippen molar-refractivity contribution in [3.63, 3.8) is 0 Å². The highest BCUT2D eigenvalue weighted by atomic mass is 35.5. The van der Waals surface area contributed by atoms with Crippen LogP contribution in [-0.2, 0) is 13.2 Å². The fourth-order valence-electron chi connectivity index (χ4n) is 3.03. The van der Waals surface area contributed by atoms with Crippen molar-refractivity contribution >= 4 is 40.5 Å². The van der Waals surface area contributed by atoms with Crippen LogP contribution in [0.5, 0.6) is 11.5 Å². The Bertz CT molecular complexity index is 1320. The Morgan fingerprint density at radius 1 is 1.12 bits per heavy atom. The third-order valence-electron chi connectivity index (χ3n) is 4.57. The Morgan fingerprint density at radius 3 is 2.62 bits per heavy atom. The summed E-state index contributed by atoms with van der Waals surface area (Å²) in [7, 11) is 1.76. The normalized spacial score (nSPS) is 11.9. The highest BCUT2D eigenvalue weighted by molar-refractivity contribution is 6.33. The molecule has 32 heavy (non-hydrogen) atoms. The van der Waals surface area contributed by atoms with Gasteiger partial charge in [-0.25, -0.2) is 4.98 Å². The van der Waals surface area contributed by atoms with Crippen LogP contribution in [0.15, 0.2) is 59.9 Å². The first kappa shape index (κ1) is 21.4. The molecule has 0 aliphatic rings. The lowest BCUT2D eigenvalue weighted by atomic mass is 10.2. The van der Waals surface area contributed by atoms with Crippen LogP contribution in [0, 0.1) is 0 Å². The molecule has 0 radical (unpaired) electrons. The molecule has 0 aliphatic heterocycles. The maximum Gasteiger partial charge on any atom is 0.416 e. The first-order valence-electron chi connectivity index (χ1n) is 9.16. The summed E-state index contributed by atoms with van der Waals surface area (Å²) in [5, 5.41) is 14.5. The van der Waals surface area contributed by atoms with Crippen LogP contribution in [0.3, 0.4) is 0 Å². The van der Waals surface area contributed by atoms with Gasteiger partial charge in [-0.1, -0.05) is 16.8 Å². The summed E-state index contributed by atoms with van der Waals surface area (Å²) >= 11 is 6.04. The second kappa shape index (κ2) is 8.39. The minimum Gasteiger partial charge on any atom is -0.457 e. The van der Waals surface area contributed by atoms with Crippen LogP contribution in [0.2, 0.25) is 5.02 Å². The van der Waals surface area contributed by atoms with Crippen molar-refractivity contribution in [3.05, 3.63) is 71.0 Å². The lowest BCUT2D eigenvalue weighted by molar-refractivity contribution is -0.137. The van der Waals surface area contributed by atoms with Crippen LogP contribution in [-0.4, -0.2) is 26.0 Å². The quantitative estimate of drug-likeness (QED) is 0.217. The molecule has 0 aliphatic carbocycles. The van der Waals surface area contributed by atoms with Crippen LogP contribution in [0.25, 0.3) is 11.0 Å². The van der Waals surface area contributed by atoms with Gasteiger partial charge in [-0.15, -0.1) is 0 Å². The summed E-state index contributed by atoms with van der Waals surface area (Å²) in [4.78, 5) is 8.51. The largest absolute Gasteiger partial charge is 0.457 e. The van der Waals surface area contributed by atoms with E-state index in [0.29, 0.717) is 34.3 Å². The van der Waals surface area contributed by atoms with E-state index in [2.05, 4.69) is 20.4 Å². The molecule has 2 aromatic heterocycles. The van der Waals surface area contributed by atoms with Crippen molar-refractivity contribution in [2.45, 2.75) is 6.18 Å². The Kier molecular flexibility index (Phi) is 5.62. The maximum absolute atomic E-state index is 12.9. The first-order valence-corrected chi connectivity index (χ1v) is 9.54. The average molecular weight is 462 g/mol. The number of nitrogens with one attached hydrogen (secondary N) is 1. The molecule has 0 bridgehead atoms. The van der Waals surface area contributed by atoms with E-state index in [4.69, 9.17) is 21.5 Å². The van der Waals surface area contributed by atoms with Gasteiger partial charge < -0.3 is 19.8 Å². The molecule has 2 N–H and O–H groups in total. The SMILES string of the molecule is Cn1c(Nc2ccc(C(F)(F)F)cc2Cl)nc2cc(Oc3ccnc(/C=N\O)c3)ccc21. The average Bonchev–Trinajstić information content (AvgIpc) is 3.04. The van der Waals surface area contributed by atoms with Crippen molar-refractivity contribution < 1.29 is 23.1 Å². The minimum absolute atomic E-state index is 0.0733. The second-order valence-electron chi connectivity index (χ2n) is 6.73. The van der Waals surface area contributed by atoms with Crippen molar-refractivity contribution in [3.8, 4) is 11.5 Å². The number of aryl methyl sites for hydroxylation is 1. The molecule has 0 saturated carbocycles. The van der Waals surface area contributed by atoms with Gasteiger partial charge in [0.2, 0.25) is 5.95 Å². The number of nitrogens with zero attached hydrogens (tertiary/aromatic N) is 4. The van der Waals surface area contributed by atoms with Gasteiger partial charge in [0.15, 0.2) is 0 Å². The fourth-order valence-corrected chi connectivity index (χ4v) is 3.25. The number of anilines is 2. The minimum atomic E-state index is -4.48. The Morgan fingerprint density at radius 2 is 1.91 bits per heavy atom. The number of aromatic nitrogens is 3. The summed E-state index contributed by atoms with van der Waals surface area (Å²) in [6, 6.07) is 11.6. The van der Waals surface area contributed by atoms with Gasteiger partial charge in [0, 0.05) is 25.4 Å². The highest BCUT2D eigenvalue weighted by Gasteiger charge is 2.31. The molecule has 7 nitrogen and oxygen atoms in total. The number of hydrogen-bond donors (Lipinski definition) is 2. The monoisotopic (exact) mass is 461 g/mol. The summed E-state index contributed by atoms with van der Waals surface area (Å²) in [5.41, 5.74) is 1.25. The summed E-state index contributed by atoms with van der Waals surface area (Å²) in [5.74, 6) is 1.39. The number of fused-ring (bicyclic) bond motifs is 1. The molecule has 11 heteroatoms. The molecular weight excluding hydrogens is 447 g/mol. The lowest BCUT2D eigenvalue weighted by Crippen LogP contribution is -2.05. The van der Waals surface area contributed by atoms with Crippen LogP contribution >= 0.6 is 11.6 Å². The fraction of sp³-hybridized carbons (Fsp3) is 0.0952. The third-order valence-corrected chi connectivity index (χ3v) is 4.89. The molecule has 164 valence electrons. The number of ether oxygens (including phenoxy) is 1. The summed E-state index contributed by atoms with van der Waals surface area (Å²) in [6.07, 6.45) is -1.78. The van der Waals surface area contributed by atoms with E-state index in [-0.39, 0.29) is 5.02 Å². The van der Waals surface area contributed by atoms with Crippen molar-refractivity contribution in [1.82, 2.24) is 14.5 Å². The topological polar surface area (TPSA) is 84.6 Å². The molecule has 0 spiro atoms. The Balaban J connectivity index is 1.60. The van der Waals surface area contributed by atoms with Crippen LogP contribution in [0.1, 0.15) is 11.3 Å². The van der Waals surface area contributed by atoms with E-state index in [0.717, 1.165) is 17.6 Å². The smallest absolute Gasteiger partial charge is 0.416 e. The van der Waals surface area contributed by atoms with Crippen molar-refractivity contribution in [2.24, 2.45) is 12.2 Å². The first-order chi connectivity index (χ1) is 15.2. The number of imidazole rings is 1. The van der Waals surface area contributed by atoms with Gasteiger partial charge in [-0.2, -0.15) is 13.2 Å². The molecule has 0 amide bonds. The zero-order chi connectivity index (χ0) is 22.9. The molecule has 0 saturated heterocycles. The number of oxime groups is 1.